The number of carbonyl (C=O) groups excluding carboxylic acids is 3. The lowest BCUT2D eigenvalue weighted by molar-refractivity contribution is -0.142. The molecule has 8 heteroatoms. The second-order valence-electron chi connectivity index (χ2n) is 11.9. The topological polar surface area (TPSA) is 141 Å². The van der Waals surface area contributed by atoms with Crippen molar-refractivity contribution in [1.82, 2.24) is 5.32 Å². The highest BCUT2D eigenvalue weighted by Gasteiger charge is 2.41. The molecule has 0 aromatic rings. The molecule has 1 amide bonds. The third-order valence-electron chi connectivity index (χ3n) is 8.19. The predicted molar refractivity (Wildman–Crippen MR) is 145 cm³/mol. The molecular formula is C30H49NO7. The molecule has 7 atom stereocenters. The van der Waals surface area contributed by atoms with Crippen molar-refractivity contribution in [2.24, 2.45) is 29.6 Å². The van der Waals surface area contributed by atoms with Crippen molar-refractivity contribution >= 4 is 23.4 Å². The Hall–Kier alpha value is -2.06. The molecule has 8 nitrogen and oxygen atoms in total. The summed E-state index contributed by atoms with van der Waals surface area (Å²) in [5.74, 6) is -1.67. The van der Waals surface area contributed by atoms with Crippen molar-refractivity contribution in [2.45, 2.75) is 122 Å². The number of hydrogen-bond donors (Lipinski definition) is 4. The molecule has 2 aliphatic carbocycles. The number of aliphatic hydroxyl groups is 2. The van der Waals surface area contributed by atoms with E-state index in [4.69, 9.17) is 0 Å². The molecular weight excluding hydrogens is 486 g/mol. The lowest BCUT2D eigenvalue weighted by Gasteiger charge is -2.19. The minimum atomic E-state index is -1.05. The van der Waals surface area contributed by atoms with Gasteiger partial charge in [0.25, 0.3) is 0 Å². The van der Waals surface area contributed by atoms with Crippen molar-refractivity contribution in [2.75, 3.05) is 0 Å². The van der Waals surface area contributed by atoms with Crippen LogP contribution in [-0.4, -0.2) is 57.0 Å². The third-order valence-corrected chi connectivity index (χ3v) is 8.19. The highest BCUT2D eigenvalue weighted by atomic mass is 16.4. The molecule has 0 aromatic heterocycles. The first-order chi connectivity index (χ1) is 18.0. The van der Waals surface area contributed by atoms with E-state index in [1.165, 1.54) is 19.3 Å². The maximum Gasteiger partial charge on any atom is 0.326 e. The molecule has 0 bridgehead atoms. The fraction of sp³-hybridized carbons (Fsp3) is 0.800. The quantitative estimate of drug-likeness (QED) is 0.161. The lowest BCUT2D eigenvalue weighted by atomic mass is 9.87. The Labute approximate surface area is 227 Å². The van der Waals surface area contributed by atoms with Gasteiger partial charge in [-0.05, 0) is 49.9 Å². The third kappa shape index (κ3) is 10.6. The van der Waals surface area contributed by atoms with Crippen LogP contribution in [0.15, 0.2) is 12.2 Å². The van der Waals surface area contributed by atoms with Crippen LogP contribution in [0.25, 0.3) is 0 Å². The molecule has 2 saturated carbocycles. The van der Waals surface area contributed by atoms with Crippen molar-refractivity contribution in [3.8, 4) is 0 Å². The van der Waals surface area contributed by atoms with Gasteiger partial charge < -0.3 is 20.6 Å². The molecule has 216 valence electrons. The van der Waals surface area contributed by atoms with Crippen LogP contribution in [0.1, 0.15) is 104 Å². The molecule has 0 spiro atoms. The summed E-state index contributed by atoms with van der Waals surface area (Å²) in [4.78, 5) is 48.5. The summed E-state index contributed by atoms with van der Waals surface area (Å²) in [6.07, 6.45) is 10.4. The molecule has 2 rings (SSSR count). The summed E-state index contributed by atoms with van der Waals surface area (Å²) >= 11 is 0. The summed E-state index contributed by atoms with van der Waals surface area (Å²) in [6, 6.07) is -0.913. The Morgan fingerprint density at radius 2 is 1.82 bits per heavy atom. The van der Waals surface area contributed by atoms with Gasteiger partial charge >= 0.3 is 5.97 Å². The van der Waals surface area contributed by atoms with Crippen LogP contribution in [0.3, 0.4) is 0 Å². The van der Waals surface area contributed by atoms with Crippen molar-refractivity contribution < 1.29 is 34.5 Å². The average molecular weight is 536 g/mol. The second-order valence-corrected chi connectivity index (χ2v) is 11.9. The van der Waals surface area contributed by atoms with E-state index in [9.17, 15) is 34.5 Å². The normalized spacial score (nSPS) is 27.2. The maximum atomic E-state index is 12.6. The number of carboxylic acid groups (broad SMARTS) is 1. The first-order valence-electron chi connectivity index (χ1n) is 14.6. The zero-order valence-corrected chi connectivity index (χ0v) is 23.4. The molecule has 2 fully saturated rings. The zero-order chi connectivity index (χ0) is 28.2. The standard InChI is InChI=1S/C30H49NO7/c1-4-5-8-20-11-12-21(16-20)26(33)14-13-23-24(28(35)18-27(23)34)17-22(32)9-6-7-10-29(36)31-25(30(37)38)15-19(2)3/h13-14,19-21,23-27,33-34H,4-12,15-18H2,1-3H3,(H,31,36)(H,37,38)/t20-,21-,23+,24+,25-,26+,27+/m0/s1. The zero-order valence-electron chi connectivity index (χ0n) is 23.4. The van der Waals surface area contributed by atoms with E-state index in [2.05, 4.69) is 12.2 Å². The van der Waals surface area contributed by atoms with Crippen LogP contribution < -0.4 is 5.32 Å². The van der Waals surface area contributed by atoms with E-state index in [1.807, 2.05) is 13.8 Å². The monoisotopic (exact) mass is 535 g/mol. The van der Waals surface area contributed by atoms with Gasteiger partial charge in [0, 0.05) is 37.5 Å². The van der Waals surface area contributed by atoms with Crippen LogP contribution in [0.4, 0.5) is 0 Å². The summed E-state index contributed by atoms with van der Waals surface area (Å²) in [7, 11) is 0. The average Bonchev–Trinajstić information content (AvgIpc) is 3.42. The number of hydrogen-bond acceptors (Lipinski definition) is 6. The van der Waals surface area contributed by atoms with Gasteiger partial charge in [0.15, 0.2) is 0 Å². The van der Waals surface area contributed by atoms with Gasteiger partial charge in [-0.3, -0.25) is 14.4 Å². The smallest absolute Gasteiger partial charge is 0.326 e. The summed E-state index contributed by atoms with van der Waals surface area (Å²) < 4.78 is 0. The van der Waals surface area contributed by atoms with Crippen molar-refractivity contribution in [1.29, 1.82) is 0 Å². The Morgan fingerprint density at radius 1 is 1.11 bits per heavy atom. The first-order valence-corrected chi connectivity index (χ1v) is 14.6. The van der Waals surface area contributed by atoms with Crippen LogP contribution in [-0.2, 0) is 19.2 Å². The number of aliphatic carboxylic acids is 1. The summed E-state index contributed by atoms with van der Waals surface area (Å²) in [6.45, 7) is 5.97. The van der Waals surface area contributed by atoms with Gasteiger partial charge in [0.05, 0.1) is 12.2 Å². The fourth-order valence-corrected chi connectivity index (χ4v) is 5.98. The van der Waals surface area contributed by atoms with E-state index >= 15 is 0 Å². The first kappa shape index (κ1) is 32.2. The van der Waals surface area contributed by atoms with Crippen molar-refractivity contribution in [3.63, 3.8) is 0 Å². The minimum absolute atomic E-state index is 0.0207. The van der Waals surface area contributed by atoms with Gasteiger partial charge in [-0.1, -0.05) is 58.6 Å². The molecule has 4 N–H and O–H groups in total. The Kier molecular flexibility index (Phi) is 13.7. The minimum Gasteiger partial charge on any atom is -0.480 e. The number of ketones is 2. The van der Waals surface area contributed by atoms with Crippen LogP contribution in [0, 0.1) is 29.6 Å². The van der Waals surface area contributed by atoms with Gasteiger partial charge in [-0.25, -0.2) is 4.79 Å². The van der Waals surface area contributed by atoms with E-state index in [-0.39, 0.29) is 55.0 Å². The highest BCUT2D eigenvalue weighted by Crippen LogP contribution is 2.38. The molecule has 0 saturated heterocycles. The molecule has 0 unspecified atom stereocenters. The Bertz CT molecular complexity index is 823. The number of amides is 1. The van der Waals surface area contributed by atoms with Gasteiger partial charge in [-0.2, -0.15) is 0 Å². The molecule has 0 heterocycles. The fourth-order valence-electron chi connectivity index (χ4n) is 5.98. The second kappa shape index (κ2) is 16.1. The predicted octanol–water partition coefficient (Wildman–Crippen LogP) is 4.21. The number of carboxylic acids is 1. The number of aliphatic hydroxyl groups excluding tert-OH is 2. The number of nitrogens with one attached hydrogen (secondary N) is 1. The Balaban J connectivity index is 1.78. The van der Waals surface area contributed by atoms with Crippen molar-refractivity contribution in [3.05, 3.63) is 12.2 Å². The van der Waals surface area contributed by atoms with Crippen LogP contribution in [0.5, 0.6) is 0 Å². The van der Waals surface area contributed by atoms with Gasteiger partial charge in [-0.15, -0.1) is 0 Å². The van der Waals surface area contributed by atoms with E-state index in [0.29, 0.717) is 25.2 Å². The molecule has 2 aliphatic rings. The molecule has 0 radical (unpaired) electrons. The SMILES string of the molecule is CCCC[C@H]1CC[C@H]([C@H](O)C=C[C@H]2[C@H](O)CC(=O)[C@@H]2CC(=O)CCCCC(=O)N[C@@H](CC(C)C)C(=O)O)C1. The maximum absolute atomic E-state index is 12.6. The summed E-state index contributed by atoms with van der Waals surface area (Å²) in [5, 5.41) is 32.9. The van der Waals surface area contributed by atoms with Crippen LogP contribution in [0.2, 0.25) is 0 Å². The highest BCUT2D eigenvalue weighted by molar-refractivity contribution is 5.90. The Morgan fingerprint density at radius 3 is 2.47 bits per heavy atom. The largest absolute Gasteiger partial charge is 0.480 e. The van der Waals surface area contributed by atoms with E-state index in [1.54, 1.807) is 12.2 Å². The number of unbranched alkanes of at least 4 members (excludes halogenated alkanes) is 2. The van der Waals surface area contributed by atoms with E-state index < -0.39 is 36.1 Å². The number of carbonyl (C=O) groups is 4. The molecule has 0 aromatic carbocycles. The van der Waals surface area contributed by atoms with E-state index in [0.717, 1.165) is 19.3 Å². The van der Waals surface area contributed by atoms with Crippen LogP contribution >= 0.6 is 0 Å². The number of Topliss-reactive ketones (excluding diaryl/α,β-unsaturated/α-hetero) is 2. The lowest BCUT2D eigenvalue weighted by Crippen LogP contribution is -2.41. The van der Waals surface area contributed by atoms with Gasteiger partial charge in [0.1, 0.15) is 17.6 Å². The molecule has 38 heavy (non-hydrogen) atoms. The van der Waals surface area contributed by atoms with Gasteiger partial charge in [0.2, 0.25) is 5.91 Å². The summed E-state index contributed by atoms with van der Waals surface area (Å²) in [5.41, 5.74) is 0. The molecule has 0 aliphatic heterocycles. The number of rotatable bonds is 17.